The number of quaternary nitrogens is 1. The number of nitrogens with zero attached hydrogens (tertiary/aromatic N) is 1. The molecule has 4 atom stereocenters. The van der Waals surface area contributed by atoms with Crippen LogP contribution in [-0.2, 0) is 34.1 Å². The maximum absolute atomic E-state index is 14.4. The third-order valence-corrected chi connectivity index (χ3v) is 9.57. The minimum atomic E-state index is -1.58. The molecule has 4 aliphatic heterocycles. The first-order valence-electron chi connectivity index (χ1n) is 14.7. The Morgan fingerprint density at radius 3 is 2.03 bits per heavy atom. The third-order valence-electron chi connectivity index (χ3n) is 9.57. The summed E-state index contributed by atoms with van der Waals surface area (Å²) in [6.45, 7) is 5.10. The van der Waals surface area contributed by atoms with Crippen LogP contribution in [0.4, 0.5) is 0 Å². The number of rotatable bonds is 8. The van der Waals surface area contributed by atoms with Gasteiger partial charge in [-0.25, -0.2) is 4.79 Å². The molecule has 7 nitrogen and oxygen atoms in total. The van der Waals surface area contributed by atoms with Crippen LogP contribution in [0.2, 0.25) is 0 Å². The second-order valence-electron chi connectivity index (χ2n) is 11.7. The van der Waals surface area contributed by atoms with Crippen molar-refractivity contribution in [3.63, 3.8) is 0 Å². The highest BCUT2D eigenvalue weighted by atomic mass is 16.7. The fourth-order valence-corrected chi connectivity index (χ4v) is 7.73. The zero-order valence-corrected chi connectivity index (χ0v) is 22.8. The Labute approximate surface area is 231 Å². The van der Waals surface area contributed by atoms with Gasteiger partial charge in [-0.2, -0.15) is 0 Å². The van der Waals surface area contributed by atoms with Gasteiger partial charge in [-0.3, -0.25) is 4.79 Å². The molecule has 0 radical (unpaired) electrons. The quantitative estimate of drug-likeness (QED) is 0.277. The summed E-state index contributed by atoms with van der Waals surface area (Å²) in [4.78, 5) is 27.2. The van der Waals surface area contributed by atoms with Gasteiger partial charge in [0.2, 0.25) is 11.9 Å². The SMILES string of the molecule is CC(OC(=O)[C@@H]1CCOC1)OC(C(=O)OC1CC2CCC(C1)[N+]21CCCC1)(c1ccccc1)c1ccccc1. The maximum atomic E-state index is 14.4. The molecule has 208 valence electrons. The second-order valence-corrected chi connectivity index (χ2v) is 11.7. The van der Waals surface area contributed by atoms with E-state index >= 15 is 0 Å². The Kier molecular flexibility index (Phi) is 7.49. The molecule has 0 N–H and O–H groups in total. The molecule has 1 spiro atoms. The van der Waals surface area contributed by atoms with Crippen molar-refractivity contribution in [1.29, 1.82) is 0 Å². The first-order valence-corrected chi connectivity index (χ1v) is 14.7. The lowest BCUT2D eigenvalue weighted by Crippen LogP contribution is -2.60. The van der Waals surface area contributed by atoms with Gasteiger partial charge in [-0.15, -0.1) is 0 Å². The van der Waals surface area contributed by atoms with Gasteiger partial charge in [-0.1, -0.05) is 60.7 Å². The molecule has 2 aromatic carbocycles. The Balaban J connectivity index is 1.29. The number of hydrogen-bond acceptors (Lipinski definition) is 6. The van der Waals surface area contributed by atoms with E-state index in [1.165, 1.54) is 43.3 Å². The smallest absolute Gasteiger partial charge is 0.348 e. The summed E-state index contributed by atoms with van der Waals surface area (Å²) < 4.78 is 25.3. The van der Waals surface area contributed by atoms with Gasteiger partial charge < -0.3 is 23.4 Å². The van der Waals surface area contributed by atoms with Crippen molar-refractivity contribution in [2.45, 2.75) is 81.9 Å². The predicted octanol–water partition coefficient (Wildman–Crippen LogP) is 4.72. The van der Waals surface area contributed by atoms with Crippen LogP contribution in [0.25, 0.3) is 0 Å². The topological polar surface area (TPSA) is 71.1 Å². The van der Waals surface area contributed by atoms with Crippen molar-refractivity contribution < 1.29 is 33.0 Å². The highest BCUT2D eigenvalue weighted by Gasteiger charge is 2.57. The molecule has 6 rings (SSSR count). The summed E-state index contributed by atoms with van der Waals surface area (Å²) in [7, 11) is 0. The van der Waals surface area contributed by atoms with E-state index in [4.69, 9.17) is 18.9 Å². The molecule has 2 aromatic rings. The lowest BCUT2D eigenvalue weighted by atomic mass is 9.85. The minimum absolute atomic E-state index is 0.150. The molecule has 0 saturated carbocycles. The zero-order valence-electron chi connectivity index (χ0n) is 22.8. The zero-order chi connectivity index (χ0) is 26.9. The molecule has 7 heteroatoms. The van der Waals surface area contributed by atoms with Crippen molar-refractivity contribution in [2.24, 2.45) is 5.92 Å². The average Bonchev–Trinajstić information content (AvgIpc) is 3.70. The summed E-state index contributed by atoms with van der Waals surface area (Å²) >= 11 is 0. The number of benzene rings is 2. The number of carbonyl (C=O) groups is 2. The van der Waals surface area contributed by atoms with Crippen LogP contribution < -0.4 is 0 Å². The fraction of sp³-hybridized carbons (Fsp3) is 0.562. The number of ether oxygens (including phenoxy) is 4. The van der Waals surface area contributed by atoms with Gasteiger partial charge >= 0.3 is 11.9 Å². The Bertz CT molecular complexity index is 1090. The van der Waals surface area contributed by atoms with Crippen LogP contribution in [0.1, 0.15) is 63.0 Å². The monoisotopic (exact) mass is 534 g/mol. The summed E-state index contributed by atoms with van der Waals surface area (Å²) in [6.07, 6.45) is 6.34. The Morgan fingerprint density at radius 2 is 1.49 bits per heavy atom. The third kappa shape index (κ3) is 4.90. The molecular weight excluding hydrogens is 494 g/mol. The van der Waals surface area contributed by atoms with E-state index in [2.05, 4.69) is 0 Å². The highest BCUT2D eigenvalue weighted by molar-refractivity contribution is 5.86. The predicted molar refractivity (Wildman–Crippen MR) is 144 cm³/mol. The van der Waals surface area contributed by atoms with E-state index in [1.54, 1.807) is 6.92 Å². The highest BCUT2D eigenvalue weighted by Crippen LogP contribution is 2.47. The summed E-state index contributed by atoms with van der Waals surface area (Å²) in [5, 5.41) is 0. The molecule has 4 saturated heterocycles. The standard InChI is InChI=1S/C32H40NO6/c1-23(37-30(34)24-16-19-36-22-24)39-32(25-10-4-2-5-11-25,26-12-6-3-7-13-26)31(35)38-29-20-27-14-15-28(21-29)33(27)17-8-9-18-33/h2-7,10-13,23-24,27-29H,8-9,14-22H2,1H3/q+1/t23?,24-,27?,28?,29?/m1/s1. The number of esters is 2. The Morgan fingerprint density at radius 1 is 0.897 bits per heavy atom. The van der Waals surface area contributed by atoms with Gasteiger partial charge in [0.25, 0.3) is 0 Å². The van der Waals surface area contributed by atoms with Crippen molar-refractivity contribution in [3.05, 3.63) is 71.8 Å². The minimum Gasteiger partial charge on any atom is -0.459 e. The van der Waals surface area contributed by atoms with Crippen LogP contribution >= 0.6 is 0 Å². The van der Waals surface area contributed by atoms with Gasteiger partial charge in [0, 0.05) is 45.1 Å². The molecule has 2 bridgehead atoms. The molecule has 4 aliphatic rings. The molecule has 0 aromatic heterocycles. The van der Waals surface area contributed by atoms with Gasteiger partial charge in [0.05, 0.1) is 37.7 Å². The summed E-state index contributed by atoms with van der Waals surface area (Å²) in [5.41, 5.74) is -0.282. The molecule has 39 heavy (non-hydrogen) atoms. The average molecular weight is 535 g/mol. The largest absolute Gasteiger partial charge is 0.459 e. The van der Waals surface area contributed by atoms with Crippen molar-refractivity contribution >= 4 is 11.9 Å². The summed E-state index contributed by atoms with van der Waals surface area (Å²) in [6, 6.07) is 20.0. The van der Waals surface area contributed by atoms with Gasteiger partial charge in [-0.05, 0) is 24.5 Å². The van der Waals surface area contributed by atoms with Crippen molar-refractivity contribution in [3.8, 4) is 0 Å². The first-order chi connectivity index (χ1) is 19.0. The van der Waals surface area contributed by atoms with Crippen LogP contribution in [0.15, 0.2) is 60.7 Å². The van der Waals surface area contributed by atoms with E-state index in [-0.39, 0.29) is 18.0 Å². The number of carbonyl (C=O) groups excluding carboxylic acids is 2. The van der Waals surface area contributed by atoms with E-state index < -0.39 is 17.9 Å². The van der Waals surface area contributed by atoms with Gasteiger partial charge in [0.1, 0.15) is 6.10 Å². The van der Waals surface area contributed by atoms with Crippen molar-refractivity contribution in [2.75, 3.05) is 26.3 Å². The Hall–Kier alpha value is -2.74. The van der Waals surface area contributed by atoms with E-state index in [1.807, 2.05) is 60.7 Å². The van der Waals surface area contributed by atoms with Crippen LogP contribution in [0.3, 0.4) is 0 Å². The lowest BCUT2D eigenvalue weighted by Gasteiger charge is -2.47. The number of piperidine rings is 1. The normalized spacial score (nSPS) is 28.3. The van der Waals surface area contributed by atoms with Crippen LogP contribution in [0, 0.1) is 5.92 Å². The second kappa shape index (κ2) is 11.0. The summed E-state index contributed by atoms with van der Waals surface area (Å²) in [5.74, 6) is -1.14. The van der Waals surface area contributed by atoms with E-state index in [0.717, 1.165) is 12.8 Å². The molecule has 0 aliphatic carbocycles. The molecule has 3 unspecified atom stereocenters. The lowest BCUT2D eigenvalue weighted by molar-refractivity contribution is -0.956. The van der Waals surface area contributed by atoms with E-state index in [9.17, 15) is 9.59 Å². The van der Waals surface area contributed by atoms with E-state index in [0.29, 0.717) is 42.8 Å². The fourth-order valence-electron chi connectivity index (χ4n) is 7.73. The maximum Gasteiger partial charge on any atom is 0.348 e. The molecule has 4 heterocycles. The van der Waals surface area contributed by atoms with Crippen LogP contribution in [-0.4, -0.2) is 67.2 Å². The van der Waals surface area contributed by atoms with Gasteiger partial charge in [0.15, 0.2) is 0 Å². The molecular formula is C32H40NO6+. The number of hydrogen-bond donors (Lipinski definition) is 0. The first kappa shape index (κ1) is 26.5. The molecule has 4 fully saturated rings. The van der Waals surface area contributed by atoms with Crippen LogP contribution in [0.5, 0.6) is 0 Å². The van der Waals surface area contributed by atoms with Crippen molar-refractivity contribution in [1.82, 2.24) is 0 Å². The molecule has 0 amide bonds.